The quantitative estimate of drug-likeness (QED) is 0.0169. The summed E-state index contributed by atoms with van der Waals surface area (Å²) >= 11 is 0. The molecular formula is C79H136O17P2. The van der Waals surface area contributed by atoms with Gasteiger partial charge in [0.05, 0.1) is 26.4 Å². The van der Waals surface area contributed by atoms with Crippen LogP contribution in [0.15, 0.2) is 109 Å². The Morgan fingerprint density at radius 2 is 0.531 bits per heavy atom. The number of phosphoric ester groups is 2. The second-order valence-electron chi connectivity index (χ2n) is 25.2. The number of rotatable bonds is 71. The molecule has 0 aliphatic heterocycles. The maximum atomic E-state index is 13.1. The fourth-order valence-corrected chi connectivity index (χ4v) is 11.5. The summed E-state index contributed by atoms with van der Waals surface area (Å²) in [7, 11) is -9.97. The van der Waals surface area contributed by atoms with Crippen molar-refractivity contribution in [1.29, 1.82) is 0 Å². The molecule has 17 nitrogen and oxygen atoms in total. The number of allylic oxidation sites excluding steroid dienone is 18. The summed E-state index contributed by atoms with van der Waals surface area (Å²) in [5, 5.41) is 10.6. The molecule has 19 heteroatoms. The van der Waals surface area contributed by atoms with Crippen LogP contribution in [0.5, 0.6) is 0 Å². The standard InChI is InChI=1S/C79H136O17P2/c1-5-9-13-17-21-25-29-33-36-40-43-47-51-55-59-63-76(81)89-69-74(95-78(83)65-61-57-53-49-45-39-32-28-24-20-16-12-8-4)71-93-97(85,86)91-67-73(80)68-92-98(87,88)94-72-75(96-79(84)66-62-58-54-50-46-42-38-35-31-27-23-19-15-11-7-3)70-90-77(82)64-60-56-52-48-44-41-37-34-30-26-22-18-14-10-6-2/h9-10,13-14,21-22,25-26,28,32-38,44,48,73-75,80H,5-8,11-12,15-20,23-24,27,29-31,39-43,45-47,49-72H2,1-4H3,(H,85,86)(H,87,88)/b13-9-,14-10-,25-21-,26-22-,32-28-,36-33-,37-34-,38-35-,48-44-. The van der Waals surface area contributed by atoms with Crippen molar-refractivity contribution in [3.8, 4) is 0 Å². The van der Waals surface area contributed by atoms with E-state index in [2.05, 4.69) is 137 Å². The number of esters is 4. The van der Waals surface area contributed by atoms with E-state index < -0.39 is 97.5 Å². The van der Waals surface area contributed by atoms with Crippen LogP contribution >= 0.6 is 15.6 Å². The van der Waals surface area contributed by atoms with Gasteiger partial charge in [0.1, 0.15) is 19.3 Å². The SMILES string of the molecule is CC/C=C\C/C=C\C/C=C\C/C=C\CCCCC(=O)OCC(COP(=O)(O)OCC(O)COP(=O)(O)OCC(COC(=O)CCCCCCC/C=C\C/C=C\C/C=C\CC)OC(=O)CCCCCCC/C=C\CCCCCC)OC(=O)CCCCCCC/C=C\CCCCCCCC. The highest BCUT2D eigenvalue weighted by atomic mass is 31.2. The van der Waals surface area contributed by atoms with Crippen LogP contribution in [-0.2, 0) is 65.4 Å². The first-order chi connectivity index (χ1) is 47.7. The maximum absolute atomic E-state index is 13.1. The van der Waals surface area contributed by atoms with E-state index in [0.29, 0.717) is 25.7 Å². The molecule has 5 unspecified atom stereocenters. The highest BCUT2D eigenvalue weighted by Gasteiger charge is 2.30. The van der Waals surface area contributed by atoms with E-state index >= 15 is 0 Å². The molecule has 0 saturated carbocycles. The van der Waals surface area contributed by atoms with Gasteiger partial charge in [0.2, 0.25) is 0 Å². The molecule has 564 valence electrons. The predicted octanol–water partition coefficient (Wildman–Crippen LogP) is 21.8. The zero-order chi connectivity index (χ0) is 71.8. The average molecular weight is 1420 g/mol. The molecule has 0 aromatic heterocycles. The van der Waals surface area contributed by atoms with Gasteiger partial charge in [-0.1, -0.05) is 246 Å². The summed E-state index contributed by atoms with van der Waals surface area (Å²) in [4.78, 5) is 72.8. The number of aliphatic hydroxyl groups excluding tert-OH is 1. The van der Waals surface area contributed by atoms with Gasteiger partial charge in [-0.25, -0.2) is 9.13 Å². The number of unbranched alkanes of at least 4 members (excludes halogenated alkanes) is 27. The van der Waals surface area contributed by atoms with Gasteiger partial charge in [-0.3, -0.25) is 37.3 Å². The third kappa shape index (κ3) is 70.2. The van der Waals surface area contributed by atoms with Gasteiger partial charge in [-0.2, -0.15) is 0 Å². The third-order valence-electron chi connectivity index (χ3n) is 15.7. The summed E-state index contributed by atoms with van der Waals surface area (Å²) in [5.41, 5.74) is 0. The van der Waals surface area contributed by atoms with E-state index in [4.69, 9.17) is 37.0 Å². The van der Waals surface area contributed by atoms with Crippen LogP contribution in [0.1, 0.15) is 310 Å². The van der Waals surface area contributed by atoms with Crippen molar-refractivity contribution in [1.82, 2.24) is 0 Å². The van der Waals surface area contributed by atoms with Crippen LogP contribution in [0, 0.1) is 0 Å². The normalized spacial score (nSPS) is 14.6. The van der Waals surface area contributed by atoms with Crippen molar-refractivity contribution in [2.45, 2.75) is 329 Å². The Hall–Kier alpha value is -4.28. The van der Waals surface area contributed by atoms with E-state index in [1.54, 1.807) is 0 Å². The Labute approximate surface area is 594 Å². The van der Waals surface area contributed by atoms with Crippen LogP contribution < -0.4 is 0 Å². The lowest BCUT2D eigenvalue weighted by Gasteiger charge is -2.21. The van der Waals surface area contributed by atoms with Crippen molar-refractivity contribution in [3.63, 3.8) is 0 Å². The van der Waals surface area contributed by atoms with Gasteiger partial charge >= 0.3 is 39.5 Å². The lowest BCUT2D eigenvalue weighted by Crippen LogP contribution is -2.30. The lowest BCUT2D eigenvalue weighted by molar-refractivity contribution is -0.161. The molecule has 0 aromatic rings. The number of carbonyl (C=O) groups excluding carboxylic acids is 4. The maximum Gasteiger partial charge on any atom is 0.472 e. The van der Waals surface area contributed by atoms with Gasteiger partial charge in [-0.05, 0) is 148 Å². The van der Waals surface area contributed by atoms with E-state index in [1.807, 2.05) is 0 Å². The first-order valence-corrected chi connectivity index (χ1v) is 41.1. The van der Waals surface area contributed by atoms with Crippen LogP contribution in [0.3, 0.4) is 0 Å². The Morgan fingerprint density at radius 1 is 0.296 bits per heavy atom. The predicted molar refractivity (Wildman–Crippen MR) is 399 cm³/mol. The fraction of sp³-hybridized carbons (Fsp3) is 0.722. The molecule has 3 N–H and O–H groups in total. The van der Waals surface area contributed by atoms with Gasteiger partial charge in [0, 0.05) is 25.7 Å². The third-order valence-corrected chi connectivity index (χ3v) is 17.6. The number of aliphatic hydroxyl groups is 1. The Morgan fingerprint density at radius 3 is 0.857 bits per heavy atom. The summed E-state index contributed by atoms with van der Waals surface area (Å²) in [6.07, 6.45) is 75.1. The number of carbonyl (C=O) groups is 4. The fourth-order valence-electron chi connectivity index (χ4n) is 9.92. The second-order valence-corrected chi connectivity index (χ2v) is 28.1. The monoisotopic (exact) mass is 1420 g/mol. The van der Waals surface area contributed by atoms with Gasteiger partial charge in [-0.15, -0.1) is 0 Å². The average Bonchev–Trinajstić information content (AvgIpc) is 1.04. The molecule has 5 atom stereocenters. The summed E-state index contributed by atoms with van der Waals surface area (Å²) < 4.78 is 68.4. The molecule has 0 aliphatic carbocycles. The Balaban J connectivity index is 5.40. The zero-order valence-electron chi connectivity index (χ0n) is 61.4. The van der Waals surface area contributed by atoms with Crippen molar-refractivity contribution < 1.29 is 80.2 Å². The number of hydrogen-bond acceptors (Lipinski definition) is 15. The molecular weight excluding hydrogens is 1280 g/mol. The highest BCUT2D eigenvalue weighted by molar-refractivity contribution is 7.47. The van der Waals surface area contributed by atoms with E-state index in [-0.39, 0.29) is 25.7 Å². The van der Waals surface area contributed by atoms with Gasteiger partial charge in [0.15, 0.2) is 12.2 Å². The second kappa shape index (κ2) is 71.1. The number of hydrogen-bond donors (Lipinski definition) is 3. The van der Waals surface area contributed by atoms with Crippen LogP contribution in [0.25, 0.3) is 0 Å². The van der Waals surface area contributed by atoms with Crippen molar-refractivity contribution in [3.05, 3.63) is 109 Å². The van der Waals surface area contributed by atoms with E-state index in [1.165, 1.54) is 64.2 Å². The van der Waals surface area contributed by atoms with Crippen LogP contribution in [0.2, 0.25) is 0 Å². The summed E-state index contributed by atoms with van der Waals surface area (Å²) in [5.74, 6) is -2.25. The minimum absolute atomic E-state index is 0.0749. The minimum atomic E-state index is -4.99. The molecule has 0 saturated heterocycles. The van der Waals surface area contributed by atoms with Crippen molar-refractivity contribution in [2.24, 2.45) is 0 Å². The van der Waals surface area contributed by atoms with Gasteiger partial charge in [0.25, 0.3) is 0 Å². The molecule has 0 bridgehead atoms. The Bertz CT molecular complexity index is 2290. The topological polar surface area (TPSA) is 237 Å². The van der Waals surface area contributed by atoms with E-state index in [0.717, 1.165) is 167 Å². The summed E-state index contributed by atoms with van der Waals surface area (Å²) in [6.45, 7) is 4.55. The lowest BCUT2D eigenvalue weighted by atomic mass is 10.1. The van der Waals surface area contributed by atoms with E-state index in [9.17, 15) is 43.2 Å². The molecule has 0 aliphatic rings. The molecule has 98 heavy (non-hydrogen) atoms. The Kier molecular flexibility index (Phi) is 68.0. The number of ether oxygens (including phenoxy) is 4. The first kappa shape index (κ1) is 93.7. The molecule has 0 spiro atoms. The minimum Gasteiger partial charge on any atom is -0.462 e. The molecule has 0 fully saturated rings. The first-order valence-electron chi connectivity index (χ1n) is 38.1. The molecule has 0 heterocycles. The molecule has 0 aromatic carbocycles. The number of phosphoric acid groups is 2. The molecule has 0 amide bonds. The van der Waals surface area contributed by atoms with Crippen LogP contribution in [0.4, 0.5) is 0 Å². The van der Waals surface area contributed by atoms with Gasteiger partial charge < -0.3 is 33.8 Å². The largest absolute Gasteiger partial charge is 0.472 e. The highest BCUT2D eigenvalue weighted by Crippen LogP contribution is 2.45. The molecule has 0 rings (SSSR count). The zero-order valence-corrected chi connectivity index (χ0v) is 63.2. The summed E-state index contributed by atoms with van der Waals surface area (Å²) in [6, 6.07) is 0. The van der Waals surface area contributed by atoms with Crippen molar-refractivity contribution in [2.75, 3.05) is 39.6 Å². The van der Waals surface area contributed by atoms with Crippen molar-refractivity contribution >= 4 is 39.5 Å². The molecule has 0 radical (unpaired) electrons. The van der Waals surface area contributed by atoms with Crippen LogP contribution in [-0.4, -0.2) is 96.7 Å². The smallest absolute Gasteiger partial charge is 0.462 e.